The van der Waals surface area contributed by atoms with Crippen molar-refractivity contribution in [2.75, 3.05) is 26.9 Å². The van der Waals surface area contributed by atoms with Crippen molar-refractivity contribution in [1.29, 1.82) is 0 Å². The molecule has 1 fully saturated rings. The summed E-state index contributed by atoms with van der Waals surface area (Å²) in [5.74, 6) is 0.285. The van der Waals surface area contributed by atoms with Gasteiger partial charge in [0.1, 0.15) is 5.41 Å². The van der Waals surface area contributed by atoms with Gasteiger partial charge in [0.05, 0.1) is 26.9 Å². The SMILES string of the molecule is CCOc1cc(C2(C(=O)O)COC2)ccc1OC. The molecule has 1 aromatic carbocycles. The number of carbonyl (C=O) groups is 1. The van der Waals surface area contributed by atoms with Crippen molar-refractivity contribution in [3.8, 4) is 11.5 Å². The Kier molecular flexibility index (Phi) is 3.43. The maximum absolute atomic E-state index is 11.4. The minimum absolute atomic E-state index is 0.195. The van der Waals surface area contributed by atoms with Crippen LogP contribution < -0.4 is 9.47 Å². The highest BCUT2D eigenvalue weighted by atomic mass is 16.5. The fourth-order valence-electron chi connectivity index (χ4n) is 1.96. The molecule has 0 spiro atoms. The third-order valence-corrected chi connectivity index (χ3v) is 3.12. The monoisotopic (exact) mass is 252 g/mol. The van der Waals surface area contributed by atoms with Crippen molar-refractivity contribution in [2.45, 2.75) is 12.3 Å². The highest BCUT2D eigenvalue weighted by Gasteiger charge is 2.48. The van der Waals surface area contributed by atoms with Crippen LogP contribution in [0.4, 0.5) is 0 Å². The largest absolute Gasteiger partial charge is 0.493 e. The quantitative estimate of drug-likeness (QED) is 0.859. The molecule has 18 heavy (non-hydrogen) atoms. The average molecular weight is 252 g/mol. The van der Waals surface area contributed by atoms with E-state index < -0.39 is 11.4 Å². The molecule has 98 valence electrons. The second-order valence-electron chi connectivity index (χ2n) is 4.18. The summed E-state index contributed by atoms with van der Waals surface area (Å²) in [5, 5.41) is 9.33. The van der Waals surface area contributed by atoms with Crippen LogP contribution in [0.25, 0.3) is 0 Å². The molecular weight excluding hydrogens is 236 g/mol. The summed E-state index contributed by atoms with van der Waals surface area (Å²) < 4.78 is 15.7. The highest BCUT2D eigenvalue weighted by molar-refractivity contribution is 5.83. The Bertz CT molecular complexity index is 451. The zero-order chi connectivity index (χ0) is 13.2. The van der Waals surface area contributed by atoms with Crippen molar-refractivity contribution in [2.24, 2.45) is 0 Å². The molecule has 0 radical (unpaired) electrons. The Morgan fingerprint density at radius 2 is 2.17 bits per heavy atom. The summed E-state index contributed by atoms with van der Waals surface area (Å²) in [6, 6.07) is 5.19. The first-order valence-electron chi connectivity index (χ1n) is 5.76. The van der Waals surface area contributed by atoms with Crippen molar-refractivity contribution in [3.05, 3.63) is 23.8 Å². The molecule has 2 rings (SSSR count). The van der Waals surface area contributed by atoms with E-state index in [-0.39, 0.29) is 13.2 Å². The summed E-state index contributed by atoms with van der Waals surface area (Å²) >= 11 is 0. The van der Waals surface area contributed by atoms with Crippen molar-refractivity contribution in [1.82, 2.24) is 0 Å². The second kappa shape index (κ2) is 4.86. The molecule has 0 atom stereocenters. The molecule has 5 heteroatoms. The highest BCUT2D eigenvalue weighted by Crippen LogP contribution is 2.37. The number of hydrogen-bond acceptors (Lipinski definition) is 4. The van der Waals surface area contributed by atoms with Crippen LogP contribution in [0, 0.1) is 0 Å². The maximum Gasteiger partial charge on any atom is 0.318 e. The first kappa shape index (κ1) is 12.7. The van der Waals surface area contributed by atoms with E-state index >= 15 is 0 Å². The lowest BCUT2D eigenvalue weighted by Crippen LogP contribution is -2.53. The van der Waals surface area contributed by atoms with Crippen molar-refractivity contribution >= 4 is 5.97 Å². The molecule has 1 N–H and O–H groups in total. The molecule has 0 saturated carbocycles. The number of ether oxygens (including phenoxy) is 3. The molecule has 0 aliphatic carbocycles. The van der Waals surface area contributed by atoms with E-state index in [9.17, 15) is 9.90 Å². The molecule has 5 nitrogen and oxygen atoms in total. The van der Waals surface area contributed by atoms with Crippen LogP contribution in [0.1, 0.15) is 12.5 Å². The Hall–Kier alpha value is -1.75. The van der Waals surface area contributed by atoms with Crippen LogP contribution in [0.15, 0.2) is 18.2 Å². The van der Waals surface area contributed by atoms with Crippen LogP contribution in [0.2, 0.25) is 0 Å². The normalized spacial score (nSPS) is 16.8. The third-order valence-electron chi connectivity index (χ3n) is 3.12. The first-order valence-corrected chi connectivity index (χ1v) is 5.76. The molecule has 1 heterocycles. The first-order chi connectivity index (χ1) is 8.64. The van der Waals surface area contributed by atoms with Gasteiger partial charge >= 0.3 is 5.97 Å². The summed E-state index contributed by atoms with van der Waals surface area (Å²) in [7, 11) is 1.55. The van der Waals surface area contributed by atoms with Gasteiger partial charge in [-0.05, 0) is 24.6 Å². The molecule has 0 unspecified atom stereocenters. The molecule has 1 saturated heterocycles. The Morgan fingerprint density at radius 3 is 2.61 bits per heavy atom. The standard InChI is InChI=1S/C13H16O5/c1-3-18-11-6-9(4-5-10(11)16-2)13(12(14)15)7-17-8-13/h4-6H,3,7-8H2,1-2H3,(H,14,15). The molecule has 0 bridgehead atoms. The van der Waals surface area contributed by atoms with Gasteiger partial charge < -0.3 is 19.3 Å². The van der Waals surface area contributed by atoms with Crippen LogP contribution in [0.3, 0.4) is 0 Å². The van der Waals surface area contributed by atoms with Gasteiger partial charge in [0, 0.05) is 0 Å². The van der Waals surface area contributed by atoms with Crippen LogP contribution >= 0.6 is 0 Å². The fraction of sp³-hybridized carbons (Fsp3) is 0.462. The number of aliphatic carboxylic acids is 1. The number of benzene rings is 1. The Labute approximate surface area is 105 Å². The van der Waals surface area contributed by atoms with E-state index in [1.165, 1.54) is 0 Å². The van der Waals surface area contributed by atoms with Gasteiger partial charge in [0.25, 0.3) is 0 Å². The molecule has 1 aliphatic rings. The number of methoxy groups -OCH3 is 1. The predicted octanol–water partition coefficient (Wildman–Crippen LogP) is 1.45. The van der Waals surface area contributed by atoms with Crippen LogP contribution in [-0.2, 0) is 14.9 Å². The lowest BCUT2D eigenvalue weighted by Gasteiger charge is -2.37. The van der Waals surface area contributed by atoms with Gasteiger partial charge in [-0.15, -0.1) is 0 Å². The third kappa shape index (κ3) is 1.90. The minimum atomic E-state index is -0.946. The number of hydrogen-bond donors (Lipinski definition) is 1. The van der Waals surface area contributed by atoms with Gasteiger partial charge in [-0.3, -0.25) is 4.79 Å². The minimum Gasteiger partial charge on any atom is -0.493 e. The second-order valence-corrected chi connectivity index (χ2v) is 4.18. The van der Waals surface area contributed by atoms with E-state index in [4.69, 9.17) is 14.2 Å². The van der Waals surface area contributed by atoms with Crippen LogP contribution in [-0.4, -0.2) is 38.0 Å². The van der Waals surface area contributed by atoms with E-state index in [0.717, 1.165) is 0 Å². The number of carboxylic acids is 1. The molecule has 1 aliphatic heterocycles. The molecule has 0 amide bonds. The summed E-state index contributed by atoms with van der Waals surface area (Å²) in [4.78, 5) is 11.4. The molecule has 0 aromatic heterocycles. The molecule has 1 aromatic rings. The van der Waals surface area contributed by atoms with Crippen molar-refractivity contribution < 1.29 is 24.1 Å². The zero-order valence-electron chi connectivity index (χ0n) is 10.4. The zero-order valence-corrected chi connectivity index (χ0v) is 10.4. The van der Waals surface area contributed by atoms with E-state index in [1.807, 2.05) is 6.92 Å². The maximum atomic E-state index is 11.4. The predicted molar refractivity (Wildman–Crippen MR) is 64.3 cm³/mol. The van der Waals surface area contributed by atoms with Gasteiger partial charge in [-0.25, -0.2) is 0 Å². The summed E-state index contributed by atoms with van der Waals surface area (Å²) in [6.45, 7) is 2.75. The van der Waals surface area contributed by atoms with Gasteiger partial charge in [0.2, 0.25) is 0 Å². The molecular formula is C13H16O5. The number of rotatable bonds is 5. The lowest BCUT2D eigenvalue weighted by molar-refractivity contribution is -0.163. The topological polar surface area (TPSA) is 65.0 Å². The summed E-state index contributed by atoms with van der Waals surface area (Å²) in [6.07, 6.45) is 0. The van der Waals surface area contributed by atoms with E-state index in [0.29, 0.717) is 23.7 Å². The Balaban J connectivity index is 2.39. The van der Waals surface area contributed by atoms with Crippen molar-refractivity contribution in [3.63, 3.8) is 0 Å². The van der Waals surface area contributed by atoms with Gasteiger partial charge in [0.15, 0.2) is 11.5 Å². The lowest BCUT2D eigenvalue weighted by atomic mass is 9.78. The van der Waals surface area contributed by atoms with E-state index in [2.05, 4.69) is 0 Å². The van der Waals surface area contributed by atoms with Gasteiger partial charge in [-0.1, -0.05) is 6.07 Å². The summed E-state index contributed by atoms with van der Waals surface area (Å²) in [5.41, 5.74) is -0.261. The van der Waals surface area contributed by atoms with Gasteiger partial charge in [-0.2, -0.15) is 0 Å². The average Bonchev–Trinajstić information content (AvgIpc) is 2.28. The van der Waals surface area contributed by atoms with E-state index in [1.54, 1.807) is 25.3 Å². The Morgan fingerprint density at radius 1 is 1.44 bits per heavy atom. The fourth-order valence-corrected chi connectivity index (χ4v) is 1.96. The smallest absolute Gasteiger partial charge is 0.318 e. The number of carboxylic acid groups (broad SMARTS) is 1. The van der Waals surface area contributed by atoms with Crippen LogP contribution in [0.5, 0.6) is 11.5 Å².